The molecule has 1 aromatic carbocycles. The number of fused-ring (bicyclic) bond motifs is 1. The molecule has 0 spiro atoms. The third kappa shape index (κ3) is 5.52. The van der Waals surface area contributed by atoms with Gasteiger partial charge in [0.25, 0.3) is 0 Å². The number of halogens is 3. The number of carbonyl (C=O) groups excluding carboxylic acids is 2. The number of rotatable bonds is 3. The first-order chi connectivity index (χ1) is 15.1. The van der Waals surface area contributed by atoms with Gasteiger partial charge in [0.2, 0.25) is 5.91 Å². The SMILES string of the molecule is Cc1ccccc1CN1C(=O)C[C@H]2[C@@H]1CCN2C(=O)OC1CCCC1.O=C(O)C(F)(F)F. The van der Waals surface area contributed by atoms with Crippen LogP contribution in [-0.4, -0.2) is 63.8 Å². The number of alkyl halides is 3. The molecule has 2 aliphatic heterocycles. The fourth-order valence-corrected chi connectivity index (χ4v) is 4.55. The third-order valence-electron chi connectivity index (χ3n) is 6.26. The Balaban J connectivity index is 0.000000360. The van der Waals surface area contributed by atoms with E-state index < -0.39 is 12.1 Å². The minimum atomic E-state index is -5.08. The van der Waals surface area contributed by atoms with E-state index in [2.05, 4.69) is 19.1 Å². The number of aryl methyl sites for hydroxylation is 1. The van der Waals surface area contributed by atoms with Crippen molar-refractivity contribution in [1.29, 1.82) is 0 Å². The lowest BCUT2D eigenvalue weighted by Gasteiger charge is -2.26. The quantitative estimate of drug-likeness (QED) is 0.746. The van der Waals surface area contributed by atoms with Crippen LogP contribution in [0.1, 0.15) is 49.7 Å². The molecule has 1 N–H and O–H groups in total. The minimum absolute atomic E-state index is 0.0228. The zero-order valence-electron chi connectivity index (χ0n) is 17.8. The second kappa shape index (κ2) is 9.79. The summed E-state index contributed by atoms with van der Waals surface area (Å²) in [6.07, 6.45) is 0.298. The van der Waals surface area contributed by atoms with Gasteiger partial charge in [0.15, 0.2) is 0 Å². The molecule has 0 unspecified atom stereocenters. The highest BCUT2D eigenvalue weighted by molar-refractivity contribution is 5.82. The van der Waals surface area contributed by atoms with Crippen LogP contribution < -0.4 is 0 Å². The van der Waals surface area contributed by atoms with Crippen LogP contribution in [0.3, 0.4) is 0 Å². The van der Waals surface area contributed by atoms with Crippen LogP contribution in [0.4, 0.5) is 18.0 Å². The van der Waals surface area contributed by atoms with Gasteiger partial charge in [0.05, 0.1) is 12.1 Å². The van der Waals surface area contributed by atoms with Crippen molar-refractivity contribution in [3.05, 3.63) is 35.4 Å². The van der Waals surface area contributed by atoms with Crippen molar-refractivity contribution in [3.63, 3.8) is 0 Å². The zero-order chi connectivity index (χ0) is 23.5. The highest BCUT2D eigenvalue weighted by Crippen LogP contribution is 2.35. The van der Waals surface area contributed by atoms with Crippen molar-refractivity contribution in [1.82, 2.24) is 9.80 Å². The summed E-state index contributed by atoms with van der Waals surface area (Å²) in [5.41, 5.74) is 2.39. The Kier molecular flexibility index (Phi) is 7.30. The Bertz CT molecular complexity index is 854. The first-order valence-corrected chi connectivity index (χ1v) is 10.7. The van der Waals surface area contributed by atoms with Crippen LogP contribution in [0.15, 0.2) is 24.3 Å². The van der Waals surface area contributed by atoms with Gasteiger partial charge in [-0.3, -0.25) is 4.79 Å². The van der Waals surface area contributed by atoms with Crippen LogP contribution in [-0.2, 0) is 20.9 Å². The average molecular weight is 456 g/mol. The summed E-state index contributed by atoms with van der Waals surface area (Å²) >= 11 is 0. The Morgan fingerprint density at radius 1 is 1.12 bits per heavy atom. The predicted molar refractivity (Wildman–Crippen MR) is 108 cm³/mol. The van der Waals surface area contributed by atoms with Gasteiger partial charge < -0.3 is 19.6 Å². The van der Waals surface area contributed by atoms with E-state index in [1.807, 2.05) is 17.0 Å². The second-order valence-electron chi connectivity index (χ2n) is 8.36. The van der Waals surface area contributed by atoms with E-state index in [1.54, 1.807) is 4.90 Å². The van der Waals surface area contributed by atoms with Gasteiger partial charge in [-0.1, -0.05) is 24.3 Å². The second-order valence-corrected chi connectivity index (χ2v) is 8.36. The standard InChI is InChI=1S/C20H26N2O3.C2HF3O2/c1-14-6-2-3-7-15(14)13-22-17-10-11-21(18(17)12-19(22)23)20(24)25-16-8-4-5-9-16;3-2(4,5)1(6)7/h2-3,6-7,16-18H,4-5,8-13H2,1H3;(H,6,7)/t17-,18-;/m0./s1. The van der Waals surface area contributed by atoms with Gasteiger partial charge in [-0.15, -0.1) is 0 Å². The van der Waals surface area contributed by atoms with E-state index in [0.29, 0.717) is 19.5 Å². The molecule has 176 valence electrons. The molecular formula is C22H27F3N2O5. The highest BCUT2D eigenvalue weighted by atomic mass is 19.4. The Morgan fingerprint density at radius 2 is 1.75 bits per heavy atom. The number of carbonyl (C=O) groups is 3. The number of benzene rings is 1. The number of carboxylic acids is 1. The lowest BCUT2D eigenvalue weighted by atomic mass is 10.1. The summed E-state index contributed by atoms with van der Waals surface area (Å²) < 4.78 is 37.4. The maximum atomic E-state index is 12.6. The number of hydrogen-bond donors (Lipinski definition) is 1. The monoisotopic (exact) mass is 456 g/mol. The first kappa shape index (κ1) is 23.9. The minimum Gasteiger partial charge on any atom is -0.475 e. The first-order valence-electron chi connectivity index (χ1n) is 10.7. The largest absolute Gasteiger partial charge is 0.490 e. The maximum absolute atomic E-state index is 12.6. The number of nitrogens with zero attached hydrogens (tertiary/aromatic N) is 2. The molecule has 0 radical (unpaired) electrons. The van der Waals surface area contributed by atoms with Crippen molar-refractivity contribution in [3.8, 4) is 0 Å². The van der Waals surface area contributed by atoms with Gasteiger partial charge in [-0.2, -0.15) is 13.2 Å². The molecule has 2 amide bonds. The van der Waals surface area contributed by atoms with Gasteiger partial charge >= 0.3 is 18.2 Å². The molecule has 10 heteroatoms. The number of carboxylic acid groups (broad SMARTS) is 1. The summed E-state index contributed by atoms with van der Waals surface area (Å²) in [5.74, 6) is -2.61. The van der Waals surface area contributed by atoms with E-state index in [-0.39, 0.29) is 30.2 Å². The zero-order valence-corrected chi connectivity index (χ0v) is 17.8. The Morgan fingerprint density at radius 3 is 2.34 bits per heavy atom. The number of ether oxygens (including phenoxy) is 1. The van der Waals surface area contributed by atoms with Gasteiger partial charge in [-0.05, 0) is 50.2 Å². The smallest absolute Gasteiger partial charge is 0.475 e. The summed E-state index contributed by atoms with van der Waals surface area (Å²) in [6, 6.07) is 8.29. The molecule has 1 saturated carbocycles. The molecule has 1 aliphatic carbocycles. The van der Waals surface area contributed by atoms with Crippen molar-refractivity contribution >= 4 is 18.0 Å². The fourth-order valence-electron chi connectivity index (χ4n) is 4.55. The number of aliphatic carboxylic acids is 1. The van der Waals surface area contributed by atoms with E-state index in [4.69, 9.17) is 14.6 Å². The summed E-state index contributed by atoms with van der Waals surface area (Å²) in [6.45, 7) is 3.41. The summed E-state index contributed by atoms with van der Waals surface area (Å²) in [4.78, 5) is 37.8. The molecule has 2 heterocycles. The van der Waals surface area contributed by atoms with Crippen LogP contribution >= 0.6 is 0 Å². The molecule has 4 rings (SSSR count). The molecule has 7 nitrogen and oxygen atoms in total. The van der Waals surface area contributed by atoms with Gasteiger partial charge in [0, 0.05) is 19.5 Å². The molecule has 3 fully saturated rings. The molecule has 2 saturated heterocycles. The average Bonchev–Trinajstić information content (AvgIpc) is 3.42. The molecule has 0 aromatic heterocycles. The van der Waals surface area contributed by atoms with E-state index in [9.17, 15) is 22.8 Å². The van der Waals surface area contributed by atoms with Crippen molar-refractivity contribution < 1.29 is 37.4 Å². The number of likely N-dealkylation sites (tertiary alicyclic amines) is 2. The normalized spacial score (nSPS) is 23.1. The molecule has 3 aliphatic rings. The van der Waals surface area contributed by atoms with Crippen LogP contribution in [0.2, 0.25) is 0 Å². The fraction of sp³-hybridized carbons (Fsp3) is 0.591. The summed E-state index contributed by atoms with van der Waals surface area (Å²) in [5, 5.41) is 7.12. The van der Waals surface area contributed by atoms with Crippen molar-refractivity contribution in [2.75, 3.05) is 6.54 Å². The molecule has 2 atom stereocenters. The maximum Gasteiger partial charge on any atom is 0.490 e. The summed E-state index contributed by atoms with van der Waals surface area (Å²) in [7, 11) is 0. The van der Waals surface area contributed by atoms with Crippen LogP contribution in [0.5, 0.6) is 0 Å². The topological polar surface area (TPSA) is 87.2 Å². The Labute approximate surface area is 184 Å². The van der Waals surface area contributed by atoms with E-state index in [1.165, 1.54) is 11.1 Å². The van der Waals surface area contributed by atoms with Crippen molar-refractivity contribution in [2.45, 2.75) is 76.4 Å². The molecule has 32 heavy (non-hydrogen) atoms. The highest BCUT2D eigenvalue weighted by Gasteiger charge is 2.49. The lowest BCUT2D eigenvalue weighted by Crippen LogP contribution is -2.41. The van der Waals surface area contributed by atoms with Crippen LogP contribution in [0, 0.1) is 6.92 Å². The van der Waals surface area contributed by atoms with Crippen molar-refractivity contribution in [2.24, 2.45) is 0 Å². The third-order valence-corrected chi connectivity index (χ3v) is 6.26. The molecule has 0 bridgehead atoms. The molecular weight excluding hydrogens is 429 g/mol. The number of amides is 2. The Hall–Kier alpha value is -2.78. The van der Waals surface area contributed by atoms with E-state index >= 15 is 0 Å². The van der Waals surface area contributed by atoms with Gasteiger partial charge in [0.1, 0.15) is 6.10 Å². The predicted octanol–water partition coefficient (Wildman–Crippen LogP) is 3.88. The van der Waals surface area contributed by atoms with Crippen LogP contribution in [0.25, 0.3) is 0 Å². The lowest BCUT2D eigenvalue weighted by molar-refractivity contribution is -0.192. The molecule has 1 aromatic rings. The number of hydrogen-bond acceptors (Lipinski definition) is 4. The van der Waals surface area contributed by atoms with Gasteiger partial charge in [-0.25, -0.2) is 9.59 Å². The van der Waals surface area contributed by atoms with E-state index in [0.717, 1.165) is 32.1 Å².